The molecule has 5 aromatic heterocycles. The molecule has 4 atom stereocenters. The third-order valence-corrected chi connectivity index (χ3v) is 14.5. The third kappa shape index (κ3) is 8.13. The first kappa shape index (κ1) is 40.1. The minimum atomic E-state index is -0.890. The number of carbonyl (C=O) groups excluding carboxylic acids is 4. The number of carbonyl (C=O) groups is 4. The van der Waals surface area contributed by atoms with Crippen molar-refractivity contribution in [2.45, 2.75) is 49.9 Å². The van der Waals surface area contributed by atoms with Crippen molar-refractivity contribution in [2.24, 2.45) is 0 Å². The minimum Gasteiger partial charge on any atom is -0.453 e. The first-order chi connectivity index (χ1) is 29.8. The van der Waals surface area contributed by atoms with Gasteiger partial charge in [-0.1, -0.05) is 60.7 Å². The van der Waals surface area contributed by atoms with Crippen LogP contribution in [0, 0.1) is 0 Å². The summed E-state index contributed by atoms with van der Waals surface area (Å²) in [6, 6.07) is 20.3. The fourth-order valence-corrected chi connectivity index (χ4v) is 11.3. The number of thiazole rings is 1. The molecule has 2 aliphatic heterocycles. The highest BCUT2D eigenvalue weighted by Crippen LogP contribution is 2.44. The van der Waals surface area contributed by atoms with E-state index in [4.69, 9.17) is 24.4 Å². The van der Waals surface area contributed by atoms with E-state index >= 15 is 0 Å². The van der Waals surface area contributed by atoms with Crippen molar-refractivity contribution in [3.8, 4) is 31.0 Å². The summed E-state index contributed by atoms with van der Waals surface area (Å²) >= 11 is 4.91. The van der Waals surface area contributed by atoms with Crippen molar-refractivity contribution in [3.63, 3.8) is 0 Å². The number of alkyl carbamates (subject to hydrolysis) is 2. The van der Waals surface area contributed by atoms with Crippen molar-refractivity contribution >= 4 is 67.4 Å². The van der Waals surface area contributed by atoms with Gasteiger partial charge in [0.1, 0.15) is 28.7 Å². The van der Waals surface area contributed by atoms with Crippen molar-refractivity contribution in [3.05, 3.63) is 114 Å². The zero-order valence-corrected chi connectivity index (χ0v) is 35.6. The van der Waals surface area contributed by atoms with Gasteiger partial charge in [0, 0.05) is 28.7 Å². The molecule has 0 bridgehead atoms. The Bertz CT molecular complexity index is 2660. The second-order valence-electron chi connectivity index (χ2n) is 14.7. The second-order valence-corrected chi connectivity index (χ2v) is 17.9. The number of H-pyrrole nitrogens is 2. The van der Waals surface area contributed by atoms with Gasteiger partial charge in [-0.15, -0.1) is 34.0 Å². The van der Waals surface area contributed by atoms with E-state index in [0.717, 1.165) is 66.1 Å². The Morgan fingerprint density at radius 2 is 1.11 bits per heavy atom. The van der Waals surface area contributed by atoms with E-state index in [1.54, 1.807) is 50.0 Å². The molecule has 2 fully saturated rings. The Hall–Kier alpha value is -6.37. The number of fused-ring (bicyclic) bond motifs is 1. The molecule has 1 unspecified atom stereocenters. The maximum absolute atomic E-state index is 13.9. The smallest absolute Gasteiger partial charge is 0.407 e. The summed E-state index contributed by atoms with van der Waals surface area (Å²) in [7, 11) is 2.56. The highest BCUT2D eigenvalue weighted by molar-refractivity contribution is 7.32. The van der Waals surface area contributed by atoms with Gasteiger partial charge in [-0.05, 0) is 48.9 Å². The van der Waals surface area contributed by atoms with Crippen LogP contribution in [0.5, 0.6) is 0 Å². The summed E-state index contributed by atoms with van der Waals surface area (Å²) in [5.41, 5.74) is 3.05. The topological polar surface area (TPSA) is 188 Å². The normalized spacial score (nSPS) is 17.3. The molecule has 312 valence electrons. The number of ether oxygens (including phenoxy) is 2. The maximum Gasteiger partial charge on any atom is 0.407 e. The molecular weight excluding hydrogens is 835 g/mol. The van der Waals surface area contributed by atoms with E-state index in [1.807, 2.05) is 73.1 Å². The largest absolute Gasteiger partial charge is 0.453 e. The number of benzene rings is 2. The molecule has 4 N–H and O–H groups in total. The molecule has 2 saturated heterocycles. The summed E-state index contributed by atoms with van der Waals surface area (Å²) in [5, 5.41) is 6.32. The van der Waals surface area contributed by atoms with Crippen LogP contribution >= 0.6 is 34.0 Å². The van der Waals surface area contributed by atoms with Crippen LogP contribution in [-0.2, 0) is 19.1 Å². The number of aromatic nitrogens is 5. The number of nitrogens with zero attached hydrogens (tertiary/aromatic N) is 5. The van der Waals surface area contributed by atoms with Gasteiger partial charge in [0.05, 0.1) is 64.7 Å². The molecule has 9 rings (SSSR count). The number of hydrogen-bond donors (Lipinski definition) is 4. The zero-order chi connectivity index (χ0) is 42.0. The summed E-state index contributed by atoms with van der Waals surface area (Å²) in [5.74, 6) is 0.961. The predicted molar refractivity (Wildman–Crippen MR) is 233 cm³/mol. The van der Waals surface area contributed by atoms with Gasteiger partial charge >= 0.3 is 12.2 Å². The lowest BCUT2D eigenvalue weighted by molar-refractivity contribution is -0.135. The lowest BCUT2D eigenvalue weighted by Crippen LogP contribution is -2.42. The Morgan fingerprint density at radius 1 is 0.639 bits per heavy atom. The van der Waals surface area contributed by atoms with Crippen LogP contribution in [0.15, 0.2) is 91.4 Å². The van der Waals surface area contributed by atoms with Crippen LogP contribution in [0.3, 0.4) is 0 Å². The molecule has 2 aromatic carbocycles. The number of nitrogens with one attached hydrogen (secondary N) is 4. The van der Waals surface area contributed by atoms with E-state index in [9.17, 15) is 19.2 Å². The van der Waals surface area contributed by atoms with E-state index < -0.39 is 24.3 Å². The lowest BCUT2D eigenvalue weighted by atomic mass is 10.1. The van der Waals surface area contributed by atoms with E-state index in [-0.39, 0.29) is 23.9 Å². The molecular formula is C43H41N9O6S3. The standard InChI is InChI=1S/C43H41N9O6S3/c1-57-42(55)49-35(24-11-5-3-6-12-24)40(53)51-17-9-15-28(51)37-44-21-26(47-37)30-19-31-32(59-30)20-33(60-31)39-46-23-34(61-39)27-22-45-38(48-27)29-16-10-18-52(29)41(54)36(50-43(56)58-2)25-13-7-4-8-14-25/h3-8,11-14,19-23,28-29,35-36H,9-10,15-18H2,1-2H3,(H,44,47)(H,45,48)(H,49,55)(H,50,56)/t28?,29-,35+,36+/m0/s1. The fourth-order valence-electron chi connectivity index (χ4n) is 8.03. The van der Waals surface area contributed by atoms with Crippen molar-refractivity contribution in [1.29, 1.82) is 0 Å². The molecule has 61 heavy (non-hydrogen) atoms. The SMILES string of the molecule is COC(=O)N[C@@H](C(=O)N1CCCC1c1ncc(-c2cc3sc(-c4ncc(-c5cnc([C@@H]6CCCN6C(=O)[C@H](NC(=O)OC)c6ccccc6)[nH]5)s4)cc3s2)[nH]1)c1ccccc1. The number of thiophene rings is 2. The number of imidazole rings is 2. The minimum absolute atomic E-state index is 0.212. The summed E-state index contributed by atoms with van der Waals surface area (Å²) in [6.07, 6.45) is 7.22. The van der Waals surface area contributed by atoms with Crippen LogP contribution in [0.25, 0.3) is 40.4 Å². The highest BCUT2D eigenvalue weighted by atomic mass is 32.1. The average Bonchev–Trinajstić information content (AvgIpc) is 4.13. The first-order valence-corrected chi connectivity index (χ1v) is 22.2. The van der Waals surface area contributed by atoms with Crippen LogP contribution in [0.2, 0.25) is 0 Å². The number of rotatable bonds is 11. The molecule has 0 spiro atoms. The van der Waals surface area contributed by atoms with Crippen LogP contribution in [0.1, 0.15) is 72.6 Å². The Kier molecular flexibility index (Phi) is 11.4. The van der Waals surface area contributed by atoms with Crippen molar-refractivity contribution < 1.29 is 28.7 Å². The van der Waals surface area contributed by atoms with E-state index in [2.05, 4.69) is 32.7 Å². The maximum atomic E-state index is 13.9. The fraction of sp³-hybridized carbons (Fsp3) is 0.279. The number of amides is 4. The van der Waals surface area contributed by atoms with Crippen LogP contribution in [-0.4, -0.2) is 86.0 Å². The van der Waals surface area contributed by atoms with Crippen molar-refractivity contribution in [2.75, 3.05) is 27.3 Å². The summed E-state index contributed by atoms with van der Waals surface area (Å²) in [4.78, 5) is 80.1. The average molecular weight is 876 g/mol. The van der Waals surface area contributed by atoms with Gasteiger partial charge in [-0.25, -0.2) is 24.5 Å². The van der Waals surface area contributed by atoms with Gasteiger partial charge < -0.3 is 39.9 Å². The highest BCUT2D eigenvalue weighted by Gasteiger charge is 2.38. The second kappa shape index (κ2) is 17.3. The molecule has 7 heterocycles. The number of methoxy groups -OCH3 is 2. The summed E-state index contributed by atoms with van der Waals surface area (Å²) in [6.45, 7) is 1.10. The molecule has 0 saturated carbocycles. The summed E-state index contributed by atoms with van der Waals surface area (Å²) < 4.78 is 11.9. The quantitative estimate of drug-likeness (QED) is 0.0990. The molecule has 4 amide bonds. The molecule has 2 aliphatic rings. The Labute approximate surface area is 362 Å². The predicted octanol–water partition coefficient (Wildman–Crippen LogP) is 8.39. The van der Waals surface area contributed by atoms with Gasteiger partial charge in [0.2, 0.25) is 0 Å². The number of aromatic amines is 2. The van der Waals surface area contributed by atoms with E-state index in [1.165, 1.54) is 14.2 Å². The van der Waals surface area contributed by atoms with Gasteiger partial charge in [-0.2, -0.15) is 0 Å². The molecule has 0 radical (unpaired) electrons. The monoisotopic (exact) mass is 875 g/mol. The number of likely N-dealkylation sites (tertiary alicyclic amines) is 2. The van der Waals surface area contributed by atoms with Crippen LogP contribution in [0.4, 0.5) is 9.59 Å². The zero-order valence-electron chi connectivity index (χ0n) is 33.1. The molecule has 18 heteroatoms. The molecule has 0 aliphatic carbocycles. The van der Waals surface area contributed by atoms with E-state index in [0.29, 0.717) is 35.9 Å². The van der Waals surface area contributed by atoms with Crippen molar-refractivity contribution in [1.82, 2.24) is 45.4 Å². The third-order valence-electron chi connectivity index (χ3n) is 11.0. The van der Waals surface area contributed by atoms with Gasteiger partial charge in [0.25, 0.3) is 11.8 Å². The molecule has 7 aromatic rings. The van der Waals surface area contributed by atoms with Gasteiger partial charge in [0.15, 0.2) is 0 Å². The Balaban J connectivity index is 0.881. The van der Waals surface area contributed by atoms with Gasteiger partial charge in [-0.3, -0.25) is 9.59 Å². The molecule has 15 nitrogen and oxygen atoms in total. The lowest BCUT2D eigenvalue weighted by Gasteiger charge is -2.28. The first-order valence-electron chi connectivity index (χ1n) is 19.8. The number of hydrogen-bond acceptors (Lipinski definition) is 12. The Morgan fingerprint density at radius 3 is 1.62 bits per heavy atom. The van der Waals surface area contributed by atoms with Crippen LogP contribution < -0.4 is 10.6 Å².